The van der Waals surface area contributed by atoms with Crippen molar-refractivity contribution in [1.29, 1.82) is 0 Å². The molecular formula is C10H12N2O5. The Morgan fingerprint density at radius 1 is 1.47 bits per heavy atom. The summed E-state index contributed by atoms with van der Waals surface area (Å²) in [6.45, 7) is 0. The van der Waals surface area contributed by atoms with Crippen LogP contribution in [-0.4, -0.2) is 28.9 Å². The summed E-state index contributed by atoms with van der Waals surface area (Å²) >= 11 is 0. The molecule has 0 fully saturated rings. The second kappa shape index (κ2) is 5.69. The lowest BCUT2D eigenvalue weighted by Crippen LogP contribution is -2.43. The van der Waals surface area contributed by atoms with Crippen LogP contribution < -0.4 is 11.1 Å². The van der Waals surface area contributed by atoms with Crippen molar-refractivity contribution in [3.05, 3.63) is 24.2 Å². The maximum Gasteiger partial charge on any atom is 0.326 e. The second-order valence-electron chi connectivity index (χ2n) is 3.38. The van der Waals surface area contributed by atoms with Gasteiger partial charge < -0.3 is 20.6 Å². The van der Waals surface area contributed by atoms with E-state index >= 15 is 0 Å². The number of nitrogens with two attached hydrogens (primary N) is 1. The van der Waals surface area contributed by atoms with Crippen LogP contribution in [0.3, 0.4) is 0 Å². The van der Waals surface area contributed by atoms with Gasteiger partial charge in [0, 0.05) is 0 Å². The molecule has 1 atom stereocenters. The first kappa shape index (κ1) is 12.8. The van der Waals surface area contributed by atoms with Crippen LogP contribution in [0.2, 0.25) is 0 Å². The first-order chi connectivity index (χ1) is 7.99. The lowest BCUT2D eigenvalue weighted by molar-refractivity contribution is -0.143. The number of carbonyl (C=O) groups excluding carboxylic acids is 2. The van der Waals surface area contributed by atoms with E-state index in [0.29, 0.717) is 5.76 Å². The molecule has 0 radical (unpaired) electrons. The molecule has 1 rings (SSSR count). The van der Waals surface area contributed by atoms with Gasteiger partial charge in [0.1, 0.15) is 11.8 Å². The maximum absolute atomic E-state index is 11.4. The Morgan fingerprint density at radius 2 is 2.18 bits per heavy atom. The second-order valence-corrected chi connectivity index (χ2v) is 3.38. The van der Waals surface area contributed by atoms with Crippen LogP contribution >= 0.6 is 0 Å². The number of carboxylic acids is 1. The first-order valence-electron chi connectivity index (χ1n) is 4.82. The molecule has 2 amide bonds. The van der Waals surface area contributed by atoms with Crippen molar-refractivity contribution < 1.29 is 23.9 Å². The highest BCUT2D eigenvalue weighted by molar-refractivity contribution is 5.88. The van der Waals surface area contributed by atoms with E-state index in [4.69, 9.17) is 15.3 Å². The number of amides is 2. The Morgan fingerprint density at radius 3 is 2.65 bits per heavy atom. The molecule has 0 aliphatic carbocycles. The van der Waals surface area contributed by atoms with Crippen LogP contribution in [0, 0.1) is 0 Å². The third kappa shape index (κ3) is 4.37. The summed E-state index contributed by atoms with van der Waals surface area (Å²) in [7, 11) is 0. The van der Waals surface area contributed by atoms with Gasteiger partial charge in [-0.25, -0.2) is 4.79 Å². The van der Waals surface area contributed by atoms with E-state index in [1.807, 2.05) is 0 Å². The summed E-state index contributed by atoms with van der Waals surface area (Å²) in [6, 6.07) is 1.89. The Labute approximate surface area is 96.6 Å². The van der Waals surface area contributed by atoms with Crippen molar-refractivity contribution in [3.63, 3.8) is 0 Å². The number of carbonyl (C=O) groups is 3. The van der Waals surface area contributed by atoms with Crippen LogP contribution in [0.15, 0.2) is 22.8 Å². The van der Waals surface area contributed by atoms with Gasteiger partial charge in [0.2, 0.25) is 11.8 Å². The maximum atomic E-state index is 11.4. The van der Waals surface area contributed by atoms with Gasteiger partial charge in [-0.3, -0.25) is 9.59 Å². The van der Waals surface area contributed by atoms with Gasteiger partial charge in [0.05, 0.1) is 19.1 Å². The fourth-order valence-electron chi connectivity index (χ4n) is 1.22. The molecule has 92 valence electrons. The fourth-order valence-corrected chi connectivity index (χ4v) is 1.22. The summed E-state index contributed by atoms with van der Waals surface area (Å²) in [5, 5.41) is 10.9. The molecule has 7 nitrogen and oxygen atoms in total. The van der Waals surface area contributed by atoms with Crippen molar-refractivity contribution >= 4 is 17.8 Å². The predicted octanol–water partition coefficient (Wildman–Crippen LogP) is -0.733. The summed E-state index contributed by atoms with van der Waals surface area (Å²) in [4.78, 5) is 32.7. The van der Waals surface area contributed by atoms with Crippen molar-refractivity contribution in [1.82, 2.24) is 5.32 Å². The van der Waals surface area contributed by atoms with Gasteiger partial charge in [-0.05, 0) is 12.1 Å². The molecule has 0 bridgehead atoms. The normalized spacial score (nSPS) is 11.8. The van der Waals surface area contributed by atoms with Gasteiger partial charge in [-0.15, -0.1) is 0 Å². The molecule has 7 heteroatoms. The van der Waals surface area contributed by atoms with Crippen LogP contribution in [0.5, 0.6) is 0 Å². The van der Waals surface area contributed by atoms with E-state index in [0.717, 1.165) is 0 Å². The molecule has 1 aromatic rings. The molecule has 0 saturated heterocycles. The minimum atomic E-state index is -1.31. The number of nitrogens with one attached hydrogen (secondary N) is 1. The molecule has 4 N–H and O–H groups in total. The van der Waals surface area contributed by atoms with Crippen LogP contribution in [0.25, 0.3) is 0 Å². The highest BCUT2D eigenvalue weighted by Gasteiger charge is 2.22. The molecule has 0 saturated carbocycles. The number of aliphatic carboxylic acids is 1. The fraction of sp³-hybridized carbons (Fsp3) is 0.300. The molecule has 0 unspecified atom stereocenters. The lowest BCUT2D eigenvalue weighted by atomic mass is 10.2. The van der Waals surface area contributed by atoms with Gasteiger partial charge in [0.15, 0.2) is 0 Å². The molecule has 0 aromatic carbocycles. The zero-order valence-corrected chi connectivity index (χ0v) is 8.88. The van der Waals surface area contributed by atoms with Crippen molar-refractivity contribution in [3.8, 4) is 0 Å². The summed E-state index contributed by atoms with van der Waals surface area (Å²) in [5.41, 5.74) is 4.87. The lowest BCUT2D eigenvalue weighted by Gasteiger charge is -2.11. The minimum Gasteiger partial charge on any atom is -0.480 e. The van der Waals surface area contributed by atoms with Gasteiger partial charge in [0.25, 0.3) is 0 Å². The molecule has 0 aliphatic heterocycles. The Balaban J connectivity index is 2.52. The molecule has 1 aromatic heterocycles. The van der Waals surface area contributed by atoms with Crippen molar-refractivity contribution in [2.24, 2.45) is 5.73 Å². The molecular weight excluding hydrogens is 228 g/mol. The highest BCUT2D eigenvalue weighted by Crippen LogP contribution is 2.01. The van der Waals surface area contributed by atoms with Gasteiger partial charge in [-0.1, -0.05) is 0 Å². The average molecular weight is 240 g/mol. The topological polar surface area (TPSA) is 123 Å². The number of hydrogen-bond donors (Lipinski definition) is 3. The monoisotopic (exact) mass is 240 g/mol. The van der Waals surface area contributed by atoms with Crippen LogP contribution in [0.1, 0.15) is 12.2 Å². The van der Waals surface area contributed by atoms with E-state index < -0.39 is 30.2 Å². The van der Waals surface area contributed by atoms with Crippen LogP contribution in [-0.2, 0) is 20.8 Å². The number of carboxylic acid groups (broad SMARTS) is 1. The summed E-state index contributed by atoms with van der Waals surface area (Å²) < 4.78 is 4.93. The number of furan rings is 1. The average Bonchev–Trinajstić information content (AvgIpc) is 2.68. The zero-order chi connectivity index (χ0) is 12.8. The summed E-state index contributed by atoms with van der Waals surface area (Å²) in [6.07, 6.45) is 0.871. The largest absolute Gasteiger partial charge is 0.480 e. The van der Waals surface area contributed by atoms with E-state index in [-0.39, 0.29) is 6.42 Å². The van der Waals surface area contributed by atoms with Gasteiger partial charge >= 0.3 is 5.97 Å². The minimum absolute atomic E-state index is 0.0878. The molecule has 17 heavy (non-hydrogen) atoms. The predicted molar refractivity (Wildman–Crippen MR) is 55.8 cm³/mol. The third-order valence-corrected chi connectivity index (χ3v) is 1.95. The van der Waals surface area contributed by atoms with Crippen molar-refractivity contribution in [2.75, 3.05) is 0 Å². The van der Waals surface area contributed by atoms with Crippen molar-refractivity contribution in [2.45, 2.75) is 18.9 Å². The first-order valence-corrected chi connectivity index (χ1v) is 4.82. The Hall–Kier alpha value is -2.31. The standard InChI is InChI=1S/C10H12N2O5/c11-8(13)5-7(10(15)16)12-9(14)4-6-2-1-3-17-6/h1-3,7H,4-5H2,(H2,11,13)(H,12,14)(H,15,16)/t7-/m0/s1. The SMILES string of the molecule is NC(=O)C[C@H](NC(=O)Cc1ccco1)C(=O)O. The van der Waals surface area contributed by atoms with E-state index in [1.165, 1.54) is 6.26 Å². The highest BCUT2D eigenvalue weighted by atomic mass is 16.4. The Kier molecular flexibility index (Phi) is 4.27. The number of hydrogen-bond acceptors (Lipinski definition) is 4. The summed E-state index contributed by atoms with van der Waals surface area (Å²) in [5.74, 6) is -2.24. The van der Waals surface area contributed by atoms with Gasteiger partial charge in [-0.2, -0.15) is 0 Å². The molecule has 0 spiro atoms. The zero-order valence-electron chi connectivity index (χ0n) is 8.88. The van der Waals surface area contributed by atoms with E-state index in [1.54, 1.807) is 12.1 Å². The smallest absolute Gasteiger partial charge is 0.326 e. The molecule has 1 heterocycles. The Bertz CT molecular complexity index is 412. The van der Waals surface area contributed by atoms with E-state index in [9.17, 15) is 14.4 Å². The molecule has 0 aliphatic rings. The number of rotatable bonds is 6. The van der Waals surface area contributed by atoms with E-state index in [2.05, 4.69) is 5.32 Å². The third-order valence-electron chi connectivity index (χ3n) is 1.95. The number of primary amides is 1. The van der Waals surface area contributed by atoms with Crippen LogP contribution in [0.4, 0.5) is 0 Å². The quantitative estimate of drug-likeness (QED) is 0.604.